The molecule has 1 saturated carbocycles. The second kappa shape index (κ2) is 3.87. The van der Waals surface area contributed by atoms with Crippen LogP contribution >= 0.6 is 22.6 Å². The summed E-state index contributed by atoms with van der Waals surface area (Å²) in [5, 5.41) is 14.0. The van der Waals surface area contributed by atoms with E-state index in [9.17, 15) is 10.1 Å². The molecule has 1 atom stereocenters. The first-order valence-electron chi connectivity index (χ1n) is 5.10. The van der Waals surface area contributed by atoms with Crippen molar-refractivity contribution in [2.24, 2.45) is 5.41 Å². The number of non-ortho nitro benzene ring substituents is 1. The lowest BCUT2D eigenvalue weighted by atomic mass is 10.2. The van der Waals surface area contributed by atoms with E-state index < -0.39 is 0 Å². The molecule has 1 N–H and O–H groups in total. The number of rotatable bonds is 3. The zero-order valence-electron chi connectivity index (χ0n) is 9.16. The van der Waals surface area contributed by atoms with Crippen LogP contribution in [0, 0.1) is 19.1 Å². The van der Waals surface area contributed by atoms with E-state index in [4.69, 9.17) is 0 Å². The van der Waals surface area contributed by atoms with Gasteiger partial charge >= 0.3 is 0 Å². The van der Waals surface area contributed by atoms with Crippen molar-refractivity contribution < 1.29 is 4.92 Å². The highest BCUT2D eigenvalue weighted by Gasteiger charge is 2.45. The Morgan fingerprint density at radius 1 is 1.56 bits per heavy atom. The number of anilines is 1. The molecule has 2 rings (SSSR count). The summed E-state index contributed by atoms with van der Waals surface area (Å²) in [6.07, 6.45) is 1.15. The van der Waals surface area contributed by atoms with Gasteiger partial charge in [0.05, 0.1) is 4.92 Å². The quantitative estimate of drug-likeness (QED) is 0.524. The topological polar surface area (TPSA) is 55.2 Å². The maximum atomic E-state index is 10.6. The molecule has 0 aliphatic heterocycles. The van der Waals surface area contributed by atoms with Crippen molar-refractivity contribution in [1.29, 1.82) is 0 Å². The molecular weight excluding hydrogens is 319 g/mol. The summed E-state index contributed by atoms with van der Waals surface area (Å²) in [5.41, 5.74) is 1.48. The minimum absolute atomic E-state index is 0.144. The zero-order chi connectivity index (χ0) is 11.9. The first-order chi connectivity index (χ1) is 7.40. The Kier molecular flexibility index (Phi) is 2.81. The van der Waals surface area contributed by atoms with E-state index in [0.29, 0.717) is 11.5 Å². The Balaban J connectivity index is 2.14. The van der Waals surface area contributed by atoms with Gasteiger partial charge in [-0.05, 0) is 40.5 Å². The highest BCUT2D eigenvalue weighted by Crippen LogP contribution is 2.47. The van der Waals surface area contributed by atoms with Crippen LogP contribution in [-0.4, -0.2) is 11.0 Å². The first kappa shape index (κ1) is 11.6. The highest BCUT2D eigenvalue weighted by atomic mass is 127. The van der Waals surface area contributed by atoms with Crippen molar-refractivity contribution in [2.45, 2.75) is 26.3 Å². The zero-order valence-corrected chi connectivity index (χ0v) is 11.3. The second-order valence-corrected chi connectivity index (χ2v) is 5.97. The predicted octanol–water partition coefficient (Wildman–Crippen LogP) is 3.41. The van der Waals surface area contributed by atoms with Crippen LogP contribution in [0.4, 0.5) is 11.4 Å². The molecule has 1 fully saturated rings. The molecule has 0 amide bonds. The van der Waals surface area contributed by atoms with E-state index in [-0.39, 0.29) is 10.6 Å². The van der Waals surface area contributed by atoms with E-state index in [1.54, 1.807) is 18.2 Å². The van der Waals surface area contributed by atoms with E-state index in [2.05, 4.69) is 41.8 Å². The predicted molar refractivity (Wildman–Crippen MR) is 71.6 cm³/mol. The van der Waals surface area contributed by atoms with Crippen molar-refractivity contribution in [1.82, 2.24) is 0 Å². The average molecular weight is 332 g/mol. The van der Waals surface area contributed by atoms with Crippen molar-refractivity contribution in [3.63, 3.8) is 0 Å². The monoisotopic (exact) mass is 332 g/mol. The van der Waals surface area contributed by atoms with Crippen molar-refractivity contribution in [2.75, 3.05) is 5.32 Å². The van der Waals surface area contributed by atoms with Gasteiger partial charge in [0, 0.05) is 27.4 Å². The summed E-state index contributed by atoms with van der Waals surface area (Å²) in [7, 11) is 0. The minimum Gasteiger partial charge on any atom is -0.381 e. The maximum Gasteiger partial charge on any atom is 0.270 e. The molecule has 0 bridgehead atoms. The standard InChI is InChI=1S/C11H13IN2O2/c1-11(2)6-10(11)13-9-4-3-7(14(15)16)5-8(9)12/h3-5,10,13H,6H2,1-2H3. The Morgan fingerprint density at radius 2 is 2.19 bits per heavy atom. The van der Waals surface area contributed by atoms with Gasteiger partial charge in [-0.3, -0.25) is 10.1 Å². The summed E-state index contributed by atoms with van der Waals surface area (Å²) in [6, 6.07) is 5.41. The fourth-order valence-electron chi connectivity index (χ4n) is 1.64. The summed E-state index contributed by atoms with van der Waals surface area (Å²) in [4.78, 5) is 10.2. The van der Waals surface area contributed by atoms with Gasteiger partial charge in [-0.2, -0.15) is 0 Å². The van der Waals surface area contributed by atoms with Crippen molar-refractivity contribution in [3.05, 3.63) is 31.9 Å². The molecule has 86 valence electrons. The molecule has 1 aromatic carbocycles. The SMILES string of the molecule is CC1(C)CC1Nc1ccc([N+](=O)[O-])cc1I. The van der Waals surface area contributed by atoms with Crippen LogP contribution in [0.5, 0.6) is 0 Å². The van der Waals surface area contributed by atoms with Gasteiger partial charge in [0.2, 0.25) is 0 Å². The molecule has 1 aromatic rings. The van der Waals surface area contributed by atoms with Gasteiger partial charge in [-0.15, -0.1) is 0 Å². The number of nitro benzene ring substituents is 1. The van der Waals surface area contributed by atoms with Crippen molar-refractivity contribution >= 4 is 34.0 Å². The smallest absolute Gasteiger partial charge is 0.270 e. The molecule has 0 spiro atoms. The normalized spacial score (nSPS) is 21.6. The third kappa shape index (κ3) is 2.28. The van der Waals surface area contributed by atoms with E-state index in [0.717, 1.165) is 15.7 Å². The number of nitrogens with one attached hydrogen (secondary N) is 1. The van der Waals surface area contributed by atoms with Gasteiger partial charge in [0.15, 0.2) is 0 Å². The second-order valence-electron chi connectivity index (χ2n) is 4.81. The number of nitrogens with zero attached hydrogens (tertiary/aromatic N) is 1. The van der Waals surface area contributed by atoms with Crippen LogP contribution in [0.1, 0.15) is 20.3 Å². The maximum absolute atomic E-state index is 10.6. The van der Waals surface area contributed by atoms with Crippen LogP contribution in [-0.2, 0) is 0 Å². The summed E-state index contributed by atoms with van der Waals surface area (Å²) in [5.74, 6) is 0. The number of nitro groups is 1. The van der Waals surface area contributed by atoms with Gasteiger partial charge in [-0.1, -0.05) is 13.8 Å². The third-order valence-electron chi connectivity index (χ3n) is 3.01. The van der Waals surface area contributed by atoms with E-state index >= 15 is 0 Å². The average Bonchev–Trinajstić information content (AvgIpc) is 2.77. The molecule has 0 aromatic heterocycles. The number of hydrogen-bond acceptors (Lipinski definition) is 3. The lowest BCUT2D eigenvalue weighted by Gasteiger charge is -2.09. The molecular formula is C11H13IN2O2. The summed E-state index contributed by atoms with van der Waals surface area (Å²) in [6.45, 7) is 4.42. The fourth-order valence-corrected chi connectivity index (χ4v) is 2.29. The van der Waals surface area contributed by atoms with Crippen LogP contribution in [0.15, 0.2) is 18.2 Å². The Morgan fingerprint density at radius 3 is 2.62 bits per heavy atom. The number of halogens is 1. The lowest BCUT2D eigenvalue weighted by Crippen LogP contribution is -2.09. The summed E-state index contributed by atoms with van der Waals surface area (Å²) >= 11 is 2.13. The molecule has 0 radical (unpaired) electrons. The Hall–Kier alpha value is -0.850. The molecule has 1 aliphatic carbocycles. The Labute approximate surface area is 108 Å². The molecule has 5 heteroatoms. The molecule has 16 heavy (non-hydrogen) atoms. The van der Waals surface area contributed by atoms with Gasteiger partial charge in [0.1, 0.15) is 0 Å². The van der Waals surface area contributed by atoms with Crippen molar-refractivity contribution in [3.8, 4) is 0 Å². The molecule has 0 saturated heterocycles. The van der Waals surface area contributed by atoms with E-state index in [1.165, 1.54) is 0 Å². The van der Waals surface area contributed by atoms with Crippen LogP contribution in [0.3, 0.4) is 0 Å². The van der Waals surface area contributed by atoms with Gasteiger partial charge < -0.3 is 5.32 Å². The lowest BCUT2D eigenvalue weighted by molar-refractivity contribution is -0.384. The summed E-state index contributed by atoms with van der Waals surface area (Å²) < 4.78 is 0.898. The van der Waals surface area contributed by atoms with Gasteiger partial charge in [-0.25, -0.2) is 0 Å². The minimum atomic E-state index is -0.368. The highest BCUT2D eigenvalue weighted by molar-refractivity contribution is 14.1. The third-order valence-corrected chi connectivity index (χ3v) is 3.90. The molecule has 1 unspecified atom stereocenters. The largest absolute Gasteiger partial charge is 0.381 e. The fraction of sp³-hybridized carbons (Fsp3) is 0.455. The molecule has 0 heterocycles. The van der Waals surface area contributed by atoms with Crippen LogP contribution < -0.4 is 5.32 Å². The Bertz CT molecular complexity index is 446. The molecule has 4 nitrogen and oxygen atoms in total. The van der Waals surface area contributed by atoms with E-state index in [1.807, 2.05) is 0 Å². The molecule has 1 aliphatic rings. The van der Waals surface area contributed by atoms with Gasteiger partial charge in [0.25, 0.3) is 5.69 Å². The number of benzene rings is 1. The van der Waals surface area contributed by atoms with Crippen LogP contribution in [0.2, 0.25) is 0 Å². The first-order valence-corrected chi connectivity index (χ1v) is 6.18. The van der Waals surface area contributed by atoms with Crippen LogP contribution in [0.25, 0.3) is 0 Å². The number of hydrogen-bond donors (Lipinski definition) is 1.